The van der Waals surface area contributed by atoms with Crippen molar-refractivity contribution in [1.29, 1.82) is 0 Å². The highest BCUT2D eigenvalue weighted by molar-refractivity contribution is 5.79. The van der Waals surface area contributed by atoms with E-state index in [1.807, 2.05) is 24.3 Å². The van der Waals surface area contributed by atoms with E-state index in [9.17, 15) is 0 Å². The zero-order valence-corrected chi connectivity index (χ0v) is 13.8. The van der Waals surface area contributed by atoms with Crippen molar-refractivity contribution in [2.24, 2.45) is 5.16 Å². The molecule has 0 atom stereocenters. The van der Waals surface area contributed by atoms with Crippen LogP contribution in [-0.2, 0) is 0 Å². The van der Waals surface area contributed by atoms with Gasteiger partial charge in [0.05, 0.1) is 6.21 Å². The molecule has 23 heavy (non-hydrogen) atoms. The van der Waals surface area contributed by atoms with Gasteiger partial charge < -0.3 is 14.7 Å². The van der Waals surface area contributed by atoms with Crippen LogP contribution in [0.1, 0.15) is 36.5 Å². The van der Waals surface area contributed by atoms with Gasteiger partial charge in [-0.15, -0.1) is 0 Å². The van der Waals surface area contributed by atoms with E-state index in [0.717, 1.165) is 17.1 Å². The Morgan fingerprint density at radius 2 is 1.74 bits per heavy atom. The van der Waals surface area contributed by atoms with E-state index < -0.39 is 0 Å². The lowest BCUT2D eigenvalue weighted by atomic mass is 10.0. The lowest BCUT2D eigenvalue weighted by molar-refractivity contribution is 0.215. The lowest BCUT2D eigenvalue weighted by Gasteiger charge is -2.15. The third kappa shape index (κ3) is 5.02. The molecule has 4 nitrogen and oxygen atoms in total. The average Bonchev–Trinajstić information content (AvgIpc) is 2.53. The fraction of sp³-hybridized carbons (Fsp3) is 0.316. The van der Waals surface area contributed by atoms with Crippen LogP contribution in [0.3, 0.4) is 0 Å². The summed E-state index contributed by atoms with van der Waals surface area (Å²) >= 11 is 0. The van der Waals surface area contributed by atoms with Crippen LogP contribution in [-0.4, -0.2) is 24.6 Å². The van der Waals surface area contributed by atoms with Crippen LogP contribution in [0.2, 0.25) is 0 Å². The van der Waals surface area contributed by atoms with Gasteiger partial charge in [0.15, 0.2) is 0 Å². The van der Waals surface area contributed by atoms with Crippen molar-refractivity contribution in [3.8, 4) is 11.5 Å². The van der Waals surface area contributed by atoms with Gasteiger partial charge in [0, 0.05) is 0 Å². The molecule has 2 aromatic carbocycles. The van der Waals surface area contributed by atoms with Crippen LogP contribution < -0.4 is 9.47 Å². The first-order chi connectivity index (χ1) is 11.1. The summed E-state index contributed by atoms with van der Waals surface area (Å²) in [7, 11) is 0. The molecule has 4 heteroatoms. The largest absolute Gasteiger partial charge is 0.490 e. The molecule has 2 rings (SSSR count). The van der Waals surface area contributed by atoms with E-state index in [0.29, 0.717) is 19.1 Å². The van der Waals surface area contributed by atoms with Crippen LogP contribution >= 0.6 is 0 Å². The Morgan fingerprint density at radius 1 is 1.04 bits per heavy atom. The number of ether oxygens (including phenoxy) is 2. The topological polar surface area (TPSA) is 51.0 Å². The highest BCUT2D eigenvalue weighted by Gasteiger charge is 2.08. The molecular weight excluding hydrogens is 290 g/mol. The molecule has 0 radical (unpaired) electrons. The number of nitrogens with zero attached hydrogens (tertiary/aromatic N) is 1. The molecule has 0 unspecified atom stereocenters. The number of rotatable bonds is 7. The predicted molar refractivity (Wildman–Crippen MR) is 92.1 cm³/mol. The number of hydrogen-bond donors (Lipinski definition) is 1. The van der Waals surface area contributed by atoms with Crippen molar-refractivity contribution < 1.29 is 14.7 Å². The first-order valence-corrected chi connectivity index (χ1v) is 7.74. The zero-order valence-electron chi connectivity index (χ0n) is 13.8. The summed E-state index contributed by atoms with van der Waals surface area (Å²) in [5, 5.41) is 11.5. The van der Waals surface area contributed by atoms with E-state index in [2.05, 4.69) is 44.1 Å². The molecule has 0 aliphatic rings. The normalized spacial score (nSPS) is 11.1. The molecule has 0 heterocycles. The number of aryl methyl sites for hydroxylation is 1. The summed E-state index contributed by atoms with van der Waals surface area (Å²) in [6, 6.07) is 13.6. The molecule has 0 saturated heterocycles. The van der Waals surface area contributed by atoms with Crippen LogP contribution in [0, 0.1) is 6.92 Å². The van der Waals surface area contributed by atoms with Crippen LogP contribution in [0.5, 0.6) is 11.5 Å². The Morgan fingerprint density at radius 3 is 2.39 bits per heavy atom. The van der Waals surface area contributed by atoms with E-state index in [4.69, 9.17) is 14.7 Å². The second-order valence-electron chi connectivity index (χ2n) is 5.71. The van der Waals surface area contributed by atoms with Crippen molar-refractivity contribution in [3.63, 3.8) is 0 Å². The number of hydrogen-bond acceptors (Lipinski definition) is 4. The van der Waals surface area contributed by atoms with Crippen molar-refractivity contribution in [3.05, 3.63) is 59.2 Å². The summed E-state index contributed by atoms with van der Waals surface area (Å²) in [5.74, 6) is 2.11. The zero-order chi connectivity index (χ0) is 16.7. The summed E-state index contributed by atoms with van der Waals surface area (Å²) in [4.78, 5) is 0. The Kier molecular flexibility index (Phi) is 6.03. The van der Waals surface area contributed by atoms with Gasteiger partial charge in [-0.3, -0.25) is 0 Å². The maximum atomic E-state index is 8.47. The molecule has 0 aromatic heterocycles. The minimum Gasteiger partial charge on any atom is -0.490 e. The van der Waals surface area contributed by atoms with Gasteiger partial charge in [0.25, 0.3) is 0 Å². The van der Waals surface area contributed by atoms with Gasteiger partial charge in [0.2, 0.25) is 0 Å². The fourth-order valence-corrected chi connectivity index (χ4v) is 2.27. The van der Waals surface area contributed by atoms with Crippen molar-refractivity contribution in [2.45, 2.75) is 26.7 Å². The average molecular weight is 313 g/mol. The van der Waals surface area contributed by atoms with Gasteiger partial charge in [-0.25, -0.2) is 0 Å². The van der Waals surface area contributed by atoms with Crippen LogP contribution in [0.25, 0.3) is 0 Å². The van der Waals surface area contributed by atoms with Crippen LogP contribution in [0.15, 0.2) is 47.6 Å². The molecule has 0 saturated carbocycles. The number of benzene rings is 2. The second kappa shape index (κ2) is 8.22. The minimum atomic E-state index is 0.423. The number of oxime groups is 1. The van der Waals surface area contributed by atoms with Gasteiger partial charge in [-0.2, -0.15) is 0 Å². The van der Waals surface area contributed by atoms with Gasteiger partial charge in [-0.1, -0.05) is 31.1 Å². The fourth-order valence-electron chi connectivity index (χ4n) is 2.27. The summed E-state index contributed by atoms with van der Waals surface area (Å²) in [6.07, 6.45) is 1.37. The van der Waals surface area contributed by atoms with E-state index in [1.165, 1.54) is 17.3 Å². The molecule has 0 aliphatic heterocycles. The van der Waals surface area contributed by atoms with Gasteiger partial charge in [-0.05, 0) is 59.9 Å². The predicted octanol–water partition coefficient (Wildman–Crippen LogP) is 4.38. The Hall–Kier alpha value is -2.49. The van der Waals surface area contributed by atoms with Gasteiger partial charge >= 0.3 is 0 Å². The maximum absolute atomic E-state index is 8.47. The summed E-state index contributed by atoms with van der Waals surface area (Å²) < 4.78 is 11.5. The Labute approximate surface area is 137 Å². The molecule has 122 valence electrons. The summed E-state index contributed by atoms with van der Waals surface area (Å²) in [6.45, 7) is 7.34. The molecule has 2 aromatic rings. The van der Waals surface area contributed by atoms with Gasteiger partial charge in [0.1, 0.15) is 24.7 Å². The molecule has 0 fully saturated rings. The van der Waals surface area contributed by atoms with E-state index >= 15 is 0 Å². The Bertz CT molecular complexity index is 648. The molecule has 0 aliphatic carbocycles. The molecular formula is C19H23NO3. The lowest BCUT2D eigenvalue weighted by Crippen LogP contribution is -2.10. The Balaban J connectivity index is 1.87. The quantitative estimate of drug-likeness (QED) is 0.357. The third-order valence-electron chi connectivity index (χ3n) is 3.49. The van der Waals surface area contributed by atoms with Crippen molar-refractivity contribution in [2.75, 3.05) is 13.2 Å². The monoisotopic (exact) mass is 313 g/mol. The first-order valence-electron chi connectivity index (χ1n) is 7.74. The van der Waals surface area contributed by atoms with E-state index in [1.54, 1.807) is 0 Å². The van der Waals surface area contributed by atoms with E-state index in [-0.39, 0.29) is 0 Å². The first kappa shape index (κ1) is 16.9. The SMILES string of the molecule is Cc1ccc(C(C)C)c(OCCOc2ccc(/C=N/O)cc2)c1. The highest BCUT2D eigenvalue weighted by Crippen LogP contribution is 2.27. The molecule has 0 bridgehead atoms. The second-order valence-corrected chi connectivity index (χ2v) is 5.71. The molecule has 0 spiro atoms. The minimum absolute atomic E-state index is 0.423. The third-order valence-corrected chi connectivity index (χ3v) is 3.49. The van der Waals surface area contributed by atoms with Crippen molar-refractivity contribution in [1.82, 2.24) is 0 Å². The standard InChI is InChI=1S/C19H23NO3/c1-14(2)18-9-4-15(3)12-19(18)23-11-10-22-17-7-5-16(6-8-17)13-20-21/h4-9,12-14,21H,10-11H2,1-3H3/b20-13+. The molecule has 0 amide bonds. The highest BCUT2D eigenvalue weighted by atomic mass is 16.5. The van der Waals surface area contributed by atoms with Crippen molar-refractivity contribution >= 4 is 6.21 Å². The summed E-state index contributed by atoms with van der Waals surface area (Å²) in [5.41, 5.74) is 3.21. The smallest absolute Gasteiger partial charge is 0.123 e. The van der Waals surface area contributed by atoms with Crippen LogP contribution in [0.4, 0.5) is 0 Å². The maximum Gasteiger partial charge on any atom is 0.123 e. The molecule has 1 N–H and O–H groups in total.